The largest absolute Gasteiger partial charge is 0.465 e. The van der Waals surface area contributed by atoms with Crippen molar-refractivity contribution in [2.75, 3.05) is 18.2 Å². The molecule has 1 heterocycles. The average Bonchev–Trinajstić information content (AvgIpc) is 2.83. The molecule has 0 bridgehead atoms. The van der Waals surface area contributed by atoms with Gasteiger partial charge in [0.15, 0.2) is 0 Å². The lowest BCUT2D eigenvalue weighted by atomic mass is 10.1. The second-order valence-electron chi connectivity index (χ2n) is 4.19. The number of esters is 1. The van der Waals surface area contributed by atoms with Gasteiger partial charge in [0.1, 0.15) is 17.3 Å². The Morgan fingerprint density at radius 1 is 1.50 bits per heavy atom. The lowest BCUT2D eigenvalue weighted by Crippen LogP contribution is -2.09. The van der Waals surface area contributed by atoms with E-state index in [-0.39, 0.29) is 23.5 Å². The van der Waals surface area contributed by atoms with Gasteiger partial charge in [0.05, 0.1) is 24.9 Å². The molecule has 0 radical (unpaired) electrons. The van der Waals surface area contributed by atoms with Gasteiger partial charge >= 0.3 is 5.97 Å². The summed E-state index contributed by atoms with van der Waals surface area (Å²) in [6.07, 6.45) is 0. The van der Waals surface area contributed by atoms with Crippen LogP contribution in [0.3, 0.4) is 0 Å². The summed E-state index contributed by atoms with van der Waals surface area (Å²) in [5.41, 5.74) is 6.47. The number of aromatic nitrogens is 1. The van der Waals surface area contributed by atoms with Crippen molar-refractivity contribution in [1.82, 2.24) is 5.16 Å². The maximum atomic E-state index is 13.8. The van der Waals surface area contributed by atoms with Crippen LogP contribution in [0.15, 0.2) is 22.7 Å². The molecule has 0 aliphatic carbocycles. The van der Waals surface area contributed by atoms with Crippen LogP contribution >= 0.6 is 0 Å². The highest BCUT2D eigenvalue weighted by Gasteiger charge is 2.14. The molecular formula is C13H14FN3O3. The standard InChI is InChI=1S/C13H14FN3O3/c1-7-3-8(17-20-7)6-16-12-4-9(13(18)19-2)11(15)5-10(12)14/h3-5,16H,6,15H2,1-2H3. The zero-order valence-electron chi connectivity index (χ0n) is 11.1. The van der Waals surface area contributed by atoms with Crippen molar-refractivity contribution in [3.8, 4) is 0 Å². The van der Waals surface area contributed by atoms with Crippen molar-refractivity contribution in [2.24, 2.45) is 0 Å². The number of hydrogen-bond acceptors (Lipinski definition) is 6. The number of nitrogens with two attached hydrogens (primary N) is 1. The van der Waals surface area contributed by atoms with Crippen molar-refractivity contribution < 1.29 is 18.4 Å². The van der Waals surface area contributed by atoms with Gasteiger partial charge in [-0.1, -0.05) is 5.16 Å². The first kappa shape index (κ1) is 13.9. The number of nitrogens with one attached hydrogen (secondary N) is 1. The third-order valence-corrected chi connectivity index (χ3v) is 2.68. The van der Waals surface area contributed by atoms with E-state index in [1.807, 2.05) is 0 Å². The number of nitrogens with zero attached hydrogens (tertiary/aromatic N) is 1. The number of ether oxygens (including phenoxy) is 1. The number of methoxy groups -OCH3 is 1. The Morgan fingerprint density at radius 3 is 2.85 bits per heavy atom. The highest BCUT2D eigenvalue weighted by Crippen LogP contribution is 2.23. The van der Waals surface area contributed by atoms with Gasteiger partial charge in [-0.05, 0) is 19.1 Å². The Bertz CT molecular complexity index is 640. The van der Waals surface area contributed by atoms with Crippen molar-refractivity contribution in [2.45, 2.75) is 13.5 Å². The van der Waals surface area contributed by atoms with Crippen LogP contribution in [0.4, 0.5) is 15.8 Å². The second kappa shape index (κ2) is 5.60. The number of anilines is 2. The van der Waals surface area contributed by atoms with E-state index in [1.54, 1.807) is 13.0 Å². The van der Waals surface area contributed by atoms with Crippen LogP contribution in [0.5, 0.6) is 0 Å². The number of benzene rings is 1. The highest BCUT2D eigenvalue weighted by molar-refractivity contribution is 5.96. The van der Waals surface area contributed by atoms with E-state index in [0.29, 0.717) is 11.5 Å². The maximum absolute atomic E-state index is 13.8. The molecule has 2 aromatic rings. The molecule has 0 aliphatic rings. The quantitative estimate of drug-likeness (QED) is 0.658. The number of aryl methyl sites for hydroxylation is 1. The number of carbonyl (C=O) groups is 1. The number of halogens is 1. The molecule has 0 aliphatic heterocycles. The summed E-state index contributed by atoms with van der Waals surface area (Å²) in [6, 6.07) is 4.11. The minimum atomic E-state index is -0.622. The van der Waals surface area contributed by atoms with E-state index in [9.17, 15) is 9.18 Å². The van der Waals surface area contributed by atoms with Gasteiger partial charge in [-0.25, -0.2) is 9.18 Å². The number of rotatable bonds is 4. The molecule has 6 nitrogen and oxygen atoms in total. The summed E-state index contributed by atoms with van der Waals surface area (Å²) in [5.74, 6) is -0.520. The summed E-state index contributed by atoms with van der Waals surface area (Å²) >= 11 is 0. The third-order valence-electron chi connectivity index (χ3n) is 2.68. The van der Waals surface area contributed by atoms with Crippen LogP contribution in [-0.2, 0) is 11.3 Å². The van der Waals surface area contributed by atoms with E-state index in [1.165, 1.54) is 13.2 Å². The zero-order chi connectivity index (χ0) is 14.7. The molecule has 3 N–H and O–H groups in total. The normalized spacial score (nSPS) is 10.3. The summed E-state index contributed by atoms with van der Waals surface area (Å²) in [5, 5.41) is 6.60. The fraction of sp³-hybridized carbons (Fsp3) is 0.231. The molecule has 0 saturated carbocycles. The van der Waals surface area contributed by atoms with Gasteiger partial charge in [-0.3, -0.25) is 0 Å². The van der Waals surface area contributed by atoms with E-state index in [2.05, 4.69) is 15.2 Å². The summed E-state index contributed by atoms with van der Waals surface area (Å²) in [6.45, 7) is 2.02. The van der Waals surface area contributed by atoms with Gasteiger partial charge in [-0.2, -0.15) is 0 Å². The fourth-order valence-corrected chi connectivity index (χ4v) is 1.70. The lowest BCUT2D eigenvalue weighted by molar-refractivity contribution is 0.0602. The predicted octanol–water partition coefficient (Wildman–Crippen LogP) is 2.10. The van der Waals surface area contributed by atoms with Crippen LogP contribution < -0.4 is 11.1 Å². The Balaban J connectivity index is 2.20. The number of nitrogen functional groups attached to an aromatic ring is 1. The third kappa shape index (κ3) is 2.87. The van der Waals surface area contributed by atoms with E-state index in [0.717, 1.165) is 6.07 Å². The molecule has 2 rings (SSSR count). The summed E-state index contributed by atoms with van der Waals surface area (Å²) < 4.78 is 23.3. The molecule has 7 heteroatoms. The topological polar surface area (TPSA) is 90.4 Å². The zero-order valence-corrected chi connectivity index (χ0v) is 11.1. The van der Waals surface area contributed by atoms with Crippen molar-refractivity contribution >= 4 is 17.3 Å². The molecule has 1 aromatic heterocycles. The minimum absolute atomic E-state index is 0.0252. The molecule has 0 fully saturated rings. The van der Waals surface area contributed by atoms with Crippen LogP contribution in [0.2, 0.25) is 0 Å². The molecular weight excluding hydrogens is 265 g/mol. The Hall–Kier alpha value is -2.57. The minimum Gasteiger partial charge on any atom is -0.465 e. The van der Waals surface area contributed by atoms with E-state index < -0.39 is 11.8 Å². The second-order valence-corrected chi connectivity index (χ2v) is 4.19. The Kier molecular flexibility index (Phi) is 3.88. The van der Waals surface area contributed by atoms with Crippen LogP contribution in [-0.4, -0.2) is 18.2 Å². The van der Waals surface area contributed by atoms with Crippen LogP contribution in [0, 0.1) is 12.7 Å². The lowest BCUT2D eigenvalue weighted by Gasteiger charge is -2.10. The van der Waals surface area contributed by atoms with E-state index in [4.69, 9.17) is 10.3 Å². The smallest absolute Gasteiger partial charge is 0.340 e. The number of carbonyl (C=O) groups excluding carboxylic acids is 1. The Morgan fingerprint density at radius 2 is 2.25 bits per heavy atom. The predicted molar refractivity (Wildman–Crippen MR) is 70.7 cm³/mol. The van der Waals surface area contributed by atoms with Gasteiger partial charge in [0.2, 0.25) is 0 Å². The first-order chi connectivity index (χ1) is 9.51. The summed E-state index contributed by atoms with van der Waals surface area (Å²) in [7, 11) is 1.23. The summed E-state index contributed by atoms with van der Waals surface area (Å²) in [4.78, 5) is 11.5. The van der Waals surface area contributed by atoms with Crippen LogP contribution in [0.25, 0.3) is 0 Å². The van der Waals surface area contributed by atoms with Gasteiger partial charge in [0, 0.05) is 11.8 Å². The molecule has 0 atom stereocenters. The first-order valence-electron chi connectivity index (χ1n) is 5.84. The monoisotopic (exact) mass is 279 g/mol. The molecule has 0 unspecified atom stereocenters. The van der Waals surface area contributed by atoms with Crippen molar-refractivity contribution in [3.63, 3.8) is 0 Å². The SMILES string of the molecule is COC(=O)c1cc(NCc2cc(C)on2)c(F)cc1N. The fourth-order valence-electron chi connectivity index (χ4n) is 1.70. The highest BCUT2D eigenvalue weighted by atomic mass is 19.1. The number of hydrogen-bond donors (Lipinski definition) is 2. The molecule has 106 valence electrons. The first-order valence-corrected chi connectivity index (χ1v) is 5.84. The molecule has 0 amide bonds. The molecule has 20 heavy (non-hydrogen) atoms. The molecule has 0 saturated heterocycles. The average molecular weight is 279 g/mol. The Labute approximate surface area is 114 Å². The molecule has 0 spiro atoms. The van der Waals surface area contributed by atoms with E-state index >= 15 is 0 Å². The van der Waals surface area contributed by atoms with Gasteiger partial charge < -0.3 is 20.3 Å². The van der Waals surface area contributed by atoms with Crippen molar-refractivity contribution in [1.29, 1.82) is 0 Å². The maximum Gasteiger partial charge on any atom is 0.340 e. The van der Waals surface area contributed by atoms with Gasteiger partial charge in [0.25, 0.3) is 0 Å². The van der Waals surface area contributed by atoms with Crippen LogP contribution in [0.1, 0.15) is 21.8 Å². The van der Waals surface area contributed by atoms with Gasteiger partial charge in [-0.15, -0.1) is 0 Å². The van der Waals surface area contributed by atoms with Crippen molar-refractivity contribution in [3.05, 3.63) is 41.0 Å². The molecule has 1 aromatic carbocycles.